The summed E-state index contributed by atoms with van der Waals surface area (Å²) in [7, 11) is 0. The zero-order valence-electron chi connectivity index (χ0n) is 16.1. The van der Waals surface area contributed by atoms with Gasteiger partial charge in [-0.2, -0.15) is 13.2 Å². The van der Waals surface area contributed by atoms with Gasteiger partial charge in [0.1, 0.15) is 10.8 Å². The predicted octanol–water partition coefficient (Wildman–Crippen LogP) is 4.04. The van der Waals surface area contributed by atoms with Gasteiger partial charge in [-0.25, -0.2) is 4.98 Å². The Kier molecular flexibility index (Phi) is 5.92. The molecule has 1 aromatic heterocycles. The van der Waals surface area contributed by atoms with Gasteiger partial charge in [-0.05, 0) is 30.3 Å². The molecule has 0 spiro atoms. The number of nitrogens with zero attached hydrogens (tertiary/aromatic N) is 3. The molecule has 0 atom stereocenters. The number of aromatic nitrogens is 1. The first-order valence-corrected chi connectivity index (χ1v) is 10.3. The molecule has 1 aliphatic heterocycles. The molecule has 0 aliphatic carbocycles. The minimum atomic E-state index is -4.44. The van der Waals surface area contributed by atoms with Crippen molar-refractivity contribution in [2.75, 3.05) is 32.8 Å². The van der Waals surface area contributed by atoms with Crippen molar-refractivity contribution in [1.29, 1.82) is 0 Å². The van der Waals surface area contributed by atoms with E-state index in [2.05, 4.69) is 16.0 Å². The third-order valence-corrected chi connectivity index (χ3v) is 5.97. The zero-order valence-corrected chi connectivity index (χ0v) is 16.9. The molecule has 1 fully saturated rings. The SMILES string of the molecule is O=C(COc1cccc(C(F)(F)F)c1)N1CCN(Cc2nc3ccccc3s2)CC1. The molecule has 9 heteroatoms. The lowest BCUT2D eigenvalue weighted by Gasteiger charge is -2.34. The van der Waals surface area contributed by atoms with E-state index in [9.17, 15) is 18.0 Å². The van der Waals surface area contributed by atoms with E-state index in [-0.39, 0.29) is 18.3 Å². The number of amides is 1. The Hall–Kier alpha value is -2.65. The fourth-order valence-electron chi connectivity index (χ4n) is 3.33. The average molecular weight is 435 g/mol. The maximum absolute atomic E-state index is 12.8. The highest BCUT2D eigenvalue weighted by Gasteiger charge is 2.30. The molecule has 1 aliphatic rings. The normalized spacial score (nSPS) is 15.5. The van der Waals surface area contributed by atoms with Gasteiger partial charge in [-0.3, -0.25) is 9.69 Å². The Bertz CT molecular complexity index is 997. The summed E-state index contributed by atoms with van der Waals surface area (Å²) in [4.78, 5) is 21.0. The number of fused-ring (bicyclic) bond motifs is 1. The molecular weight excluding hydrogens is 415 g/mol. The van der Waals surface area contributed by atoms with E-state index >= 15 is 0 Å². The monoisotopic (exact) mass is 435 g/mol. The summed E-state index contributed by atoms with van der Waals surface area (Å²) < 4.78 is 44.8. The van der Waals surface area contributed by atoms with Crippen LogP contribution in [0, 0.1) is 0 Å². The van der Waals surface area contributed by atoms with Crippen molar-refractivity contribution in [2.24, 2.45) is 0 Å². The zero-order chi connectivity index (χ0) is 21.1. The van der Waals surface area contributed by atoms with Crippen LogP contribution in [0.25, 0.3) is 10.2 Å². The topological polar surface area (TPSA) is 45.7 Å². The number of rotatable bonds is 5. The van der Waals surface area contributed by atoms with Crippen molar-refractivity contribution >= 4 is 27.5 Å². The Morgan fingerprint density at radius 1 is 1.07 bits per heavy atom. The minimum Gasteiger partial charge on any atom is -0.484 e. The van der Waals surface area contributed by atoms with Gasteiger partial charge in [-0.15, -0.1) is 11.3 Å². The molecule has 30 heavy (non-hydrogen) atoms. The Balaban J connectivity index is 1.26. The van der Waals surface area contributed by atoms with Gasteiger partial charge in [-0.1, -0.05) is 18.2 Å². The third-order valence-electron chi connectivity index (χ3n) is 4.95. The largest absolute Gasteiger partial charge is 0.484 e. The summed E-state index contributed by atoms with van der Waals surface area (Å²) in [6.07, 6.45) is -4.44. The van der Waals surface area contributed by atoms with Crippen LogP contribution in [0.1, 0.15) is 10.6 Å². The summed E-state index contributed by atoms with van der Waals surface area (Å²) in [5, 5.41) is 1.05. The number of carbonyl (C=O) groups is 1. The Morgan fingerprint density at radius 3 is 2.57 bits per heavy atom. The summed E-state index contributed by atoms with van der Waals surface area (Å²) >= 11 is 1.67. The smallest absolute Gasteiger partial charge is 0.416 e. The van der Waals surface area contributed by atoms with E-state index in [0.717, 1.165) is 33.9 Å². The van der Waals surface area contributed by atoms with Crippen LogP contribution in [-0.2, 0) is 17.5 Å². The Morgan fingerprint density at radius 2 is 1.83 bits per heavy atom. The summed E-state index contributed by atoms with van der Waals surface area (Å²) in [6, 6.07) is 12.6. The lowest BCUT2D eigenvalue weighted by atomic mass is 10.2. The highest BCUT2D eigenvalue weighted by molar-refractivity contribution is 7.18. The molecular formula is C21H20F3N3O2S. The molecule has 3 aromatic rings. The molecule has 1 saturated heterocycles. The number of carbonyl (C=O) groups excluding carboxylic acids is 1. The minimum absolute atomic E-state index is 0.0349. The van der Waals surface area contributed by atoms with Crippen molar-refractivity contribution in [2.45, 2.75) is 12.7 Å². The van der Waals surface area contributed by atoms with Gasteiger partial charge in [0.25, 0.3) is 5.91 Å². The molecule has 2 heterocycles. The van der Waals surface area contributed by atoms with Crippen molar-refractivity contribution in [3.63, 3.8) is 0 Å². The molecule has 5 nitrogen and oxygen atoms in total. The van der Waals surface area contributed by atoms with Crippen LogP contribution in [0.5, 0.6) is 5.75 Å². The third kappa shape index (κ3) is 4.91. The van der Waals surface area contributed by atoms with Gasteiger partial charge in [0.05, 0.1) is 22.3 Å². The first-order valence-electron chi connectivity index (χ1n) is 9.53. The number of piperazine rings is 1. The van der Waals surface area contributed by atoms with Gasteiger partial charge in [0, 0.05) is 26.2 Å². The molecule has 0 radical (unpaired) electrons. The van der Waals surface area contributed by atoms with Crippen molar-refractivity contribution in [3.05, 3.63) is 59.1 Å². The van der Waals surface area contributed by atoms with Gasteiger partial charge >= 0.3 is 6.18 Å². The van der Waals surface area contributed by atoms with Gasteiger partial charge < -0.3 is 9.64 Å². The average Bonchev–Trinajstić information content (AvgIpc) is 3.14. The quantitative estimate of drug-likeness (QED) is 0.607. The van der Waals surface area contributed by atoms with Crippen molar-refractivity contribution in [3.8, 4) is 5.75 Å². The van der Waals surface area contributed by atoms with E-state index < -0.39 is 11.7 Å². The number of halogens is 3. The van der Waals surface area contributed by atoms with Gasteiger partial charge in [0.2, 0.25) is 0 Å². The highest BCUT2D eigenvalue weighted by Crippen LogP contribution is 2.31. The molecule has 0 unspecified atom stereocenters. The second kappa shape index (κ2) is 8.61. The number of hydrogen-bond donors (Lipinski definition) is 0. The second-order valence-corrected chi connectivity index (χ2v) is 8.16. The van der Waals surface area contributed by atoms with Crippen LogP contribution in [0.2, 0.25) is 0 Å². The van der Waals surface area contributed by atoms with E-state index in [1.54, 1.807) is 16.2 Å². The summed E-state index contributed by atoms with van der Waals surface area (Å²) in [5.41, 5.74) is 0.203. The maximum atomic E-state index is 12.8. The number of benzene rings is 2. The fraction of sp³-hybridized carbons (Fsp3) is 0.333. The van der Waals surface area contributed by atoms with Crippen molar-refractivity contribution < 1.29 is 22.7 Å². The molecule has 4 rings (SSSR count). The summed E-state index contributed by atoms with van der Waals surface area (Å²) in [6.45, 7) is 2.99. The predicted molar refractivity (Wildman–Crippen MR) is 108 cm³/mol. The second-order valence-electron chi connectivity index (χ2n) is 7.05. The standard InChI is InChI=1S/C21H20F3N3O2S/c22-21(23,24)15-4-3-5-16(12-15)29-14-20(28)27-10-8-26(9-11-27)13-19-25-17-6-1-2-7-18(17)30-19/h1-7,12H,8-11,13-14H2. The van der Waals surface area contributed by atoms with Crippen LogP contribution >= 0.6 is 11.3 Å². The van der Waals surface area contributed by atoms with E-state index in [0.29, 0.717) is 26.2 Å². The molecule has 0 saturated carbocycles. The fourth-order valence-corrected chi connectivity index (χ4v) is 4.34. The number of alkyl halides is 3. The lowest BCUT2D eigenvalue weighted by Crippen LogP contribution is -2.49. The van der Waals surface area contributed by atoms with Crippen molar-refractivity contribution in [1.82, 2.24) is 14.8 Å². The first-order chi connectivity index (χ1) is 14.4. The first kappa shape index (κ1) is 20.6. The molecule has 0 N–H and O–H groups in total. The Labute approximate surface area is 175 Å². The van der Waals surface area contributed by atoms with Crippen LogP contribution in [0.15, 0.2) is 48.5 Å². The summed E-state index contributed by atoms with van der Waals surface area (Å²) in [5.74, 6) is -0.195. The van der Waals surface area contributed by atoms with E-state index in [1.807, 2.05) is 18.2 Å². The lowest BCUT2D eigenvalue weighted by molar-refractivity contribution is -0.137. The van der Waals surface area contributed by atoms with Crippen LogP contribution in [0.3, 0.4) is 0 Å². The van der Waals surface area contributed by atoms with E-state index in [1.165, 1.54) is 12.1 Å². The van der Waals surface area contributed by atoms with E-state index in [4.69, 9.17) is 4.74 Å². The number of ether oxygens (including phenoxy) is 1. The van der Waals surface area contributed by atoms with Crippen LogP contribution < -0.4 is 4.74 Å². The number of thiazole rings is 1. The van der Waals surface area contributed by atoms with Gasteiger partial charge in [0.15, 0.2) is 6.61 Å². The van der Waals surface area contributed by atoms with Crippen LogP contribution in [0.4, 0.5) is 13.2 Å². The molecule has 1 amide bonds. The maximum Gasteiger partial charge on any atom is 0.416 e. The molecule has 0 bridgehead atoms. The number of hydrogen-bond acceptors (Lipinski definition) is 5. The van der Waals surface area contributed by atoms with Crippen LogP contribution in [-0.4, -0.2) is 53.5 Å². The molecule has 2 aromatic carbocycles. The molecule has 158 valence electrons. The number of para-hydroxylation sites is 1. The highest BCUT2D eigenvalue weighted by atomic mass is 32.1.